The van der Waals surface area contributed by atoms with Crippen molar-refractivity contribution in [2.24, 2.45) is 16.7 Å². The first kappa shape index (κ1) is 22.7. The van der Waals surface area contributed by atoms with Gasteiger partial charge in [-0.1, -0.05) is 34.6 Å². The molecule has 2 fully saturated rings. The Labute approximate surface area is 153 Å². The van der Waals surface area contributed by atoms with Crippen LogP contribution in [0, 0.1) is 16.7 Å². The third-order valence-electron chi connectivity index (χ3n) is 4.72. The SMILES string of the molecule is CC(C)C(=O)N1CC2(CCN(CC(C)(C)C)CC2)C1.O=C(O)C(F)(F)F. The quantitative estimate of drug-likeness (QED) is 0.799. The summed E-state index contributed by atoms with van der Waals surface area (Å²) in [5.41, 5.74) is 0.850. The zero-order chi connectivity index (χ0) is 20.3. The number of rotatable bonds is 2. The number of halogens is 3. The van der Waals surface area contributed by atoms with E-state index in [1.165, 1.54) is 32.5 Å². The Hall–Kier alpha value is -1.31. The van der Waals surface area contributed by atoms with Gasteiger partial charge >= 0.3 is 12.1 Å². The maximum absolute atomic E-state index is 11.9. The number of amides is 1. The molecular formula is C18H31F3N2O3. The lowest BCUT2D eigenvalue weighted by molar-refractivity contribution is -0.192. The van der Waals surface area contributed by atoms with E-state index in [4.69, 9.17) is 9.90 Å². The third kappa shape index (κ3) is 6.78. The second kappa shape index (κ2) is 8.15. The number of carbonyl (C=O) groups excluding carboxylic acids is 1. The molecule has 2 aliphatic heterocycles. The summed E-state index contributed by atoms with van der Waals surface area (Å²) in [6.07, 6.45) is -2.55. The number of likely N-dealkylation sites (tertiary alicyclic amines) is 2. The Bertz CT molecular complexity index is 497. The summed E-state index contributed by atoms with van der Waals surface area (Å²) >= 11 is 0. The highest BCUT2D eigenvalue weighted by Gasteiger charge is 2.47. The van der Waals surface area contributed by atoms with E-state index in [-0.39, 0.29) is 5.92 Å². The molecule has 5 nitrogen and oxygen atoms in total. The molecule has 2 heterocycles. The minimum atomic E-state index is -5.08. The fourth-order valence-corrected chi connectivity index (χ4v) is 3.46. The van der Waals surface area contributed by atoms with Crippen LogP contribution in [0.5, 0.6) is 0 Å². The van der Waals surface area contributed by atoms with Crippen LogP contribution in [0.1, 0.15) is 47.5 Å². The highest BCUT2D eigenvalue weighted by Crippen LogP contribution is 2.41. The number of carboxylic acids is 1. The van der Waals surface area contributed by atoms with Gasteiger partial charge in [-0.15, -0.1) is 0 Å². The maximum Gasteiger partial charge on any atom is 0.490 e. The molecule has 1 N–H and O–H groups in total. The van der Waals surface area contributed by atoms with Crippen molar-refractivity contribution in [3.63, 3.8) is 0 Å². The summed E-state index contributed by atoms with van der Waals surface area (Å²) < 4.78 is 31.7. The maximum atomic E-state index is 11.9. The van der Waals surface area contributed by atoms with Crippen LogP contribution in [0.25, 0.3) is 0 Å². The predicted octanol–water partition coefficient (Wildman–Crippen LogP) is 3.25. The summed E-state index contributed by atoms with van der Waals surface area (Å²) in [4.78, 5) is 25.5. The fourth-order valence-electron chi connectivity index (χ4n) is 3.46. The molecule has 152 valence electrons. The molecule has 0 bridgehead atoms. The third-order valence-corrected chi connectivity index (χ3v) is 4.72. The first-order valence-corrected chi connectivity index (χ1v) is 8.96. The van der Waals surface area contributed by atoms with Crippen LogP contribution in [0.2, 0.25) is 0 Å². The number of aliphatic carboxylic acids is 1. The minimum Gasteiger partial charge on any atom is -0.475 e. The summed E-state index contributed by atoms with van der Waals surface area (Å²) in [5.74, 6) is -2.27. The van der Waals surface area contributed by atoms with Gasteiger partial charge in [0.2, 0.25) is 5.91 Å². The lowest BCUT2D eigenvalue weighted by Gasteiger charge is -2.54. The van der Waals surface area contributed by atoms with Gasteiger partial charge < -0.3 is 14.9 Å². The Kier molecular flexibility index (Phi) is 7.12. The number of piperidine rings is 1. The van der Waals surface area contributed by atoms with Crippen LogP contribution in [0.3, 0.4) is 0 Å². The summed E-state index contributed by atoms with van der Waals surface area (Å²) in [6.45, 7) is 16.6. The Balaban J connectivity index is 0.000000412. The highest BCUT2D eigenvalue weighted by atomic mass is 19.4. The van der Waals surface area contributed by atoms with E-state index in [9.17, 15) is 18.0 Å². The smallest absolute Gasteiger partial charge is 0.475 e. The van der Waals surface area contributed by atoms with Crippen LogP contribution < -0.4 is 0 Å². The Morgan fingerprint density at radius 2 is 1.50 bits per heavy atom. The summed E-state index contributed by atoms with van der Waals surface area (Å²) in [6, 6.07) is 0. The molecule has 0 saturated carbocycles. The molecule has 1 amide bonds. The van der Waals surface area contributed by atoms with Crippen molar-refractivity contribution in [1.82, 2.24) is 9.80 Å². The van der Waals surface area contributed by atoms with Crippen molar-refractivity contribution in [2.45, 2.75) is 53.6 Å². The van der Waals surface area contributed by atoms with Crippen LogP contribution >= 0.6 is 0 Å². The topological polar surface area (TPSA) is 60.9 Å². The summed E-state index contributed by atoms with van der Waals surface area (Å²) in [5, 5.41) is 7.12. The van der Waals surface area contributed by atoms with Crippen LogP contribution in [-0.4, -0.2) is 65.7 Å². The molecule has 0 aromatic carbocycles. The van der Waals surface area contributed by atoms with Gasteiger partial charge in [-0.3, -0.25) is 4.79 Å². The van der Waals surface area contributed by atoms with Crippen molar-refractivity contribution in [3.8, 4) is 0 Å². The first-order valence-electron chi connectivity index (χ1n) is 8.96. The van der Waals surface area contributed by atoms with Gasteiger partial charge in [-0.25, -0.2) is 4.79 Å². The number of hydrogen-bond acceptors (Lipinski definition) is 3. The molecule has 1 spiro atoms. The number of carbonyl (C=O) groups is 2. The monoisotopic (exact) mass is 380 g/mol. The molecule has 2 saturated heterocycles. The van der Waals surface area contributed by atoms with Gasteiger partial charge in [-0.05, 0) is 31.3 Å². The van der Waals surface area contributed by atoms with Crippen molar-refractivity contribution < 1.29 is 27.9 Å². The molecule has 26 heavy (non-hydrogen) atoms. The van der Waals surface area contributed by atoms with Crippen molar-refractivity contribution in [3.05, 3.63) is 0 Å². The normalized spacial score (nSPS) is 20.4. The zero-order valence-electron chi connectivity index (χ0n) is 16.3. The van der Waals surface area contributed by atoms with E-state index < -0.39 is 12.1 Å². The van der Waals surface area contributed by atoms with E-state index in [0.717, 1.165) is 13.1 Å². The number of nitrogens with zero attached hydrogens (tertiary/aromatic N) is 2. The zero-order valence-corrected chi connectivity index (χ0v) is 16.3. The molecule has 0 radical (unpaired) electrons. The molecule has 8 heteroatoms. The molecule has 0 atom stereocenters. The lowest BCUT2D eigenvalue weighted by atomic mass is 9.71. The van der Waals surface area contributed by atoms with Crippen LogP contribution in [-0.2, 0) is 9.59 Å². The van der Waals surface area contributed by atoms with Crippen molar-refractivity contribution >= 4 is 11.9 Å². The van der Waals surface area contributed by atoms with E-state index in [2.05, 4.69) is 30.6 Å². The van der Waals surface area contributed by atoms with E-state index in [0.29, 0.717) is 16.7 Å². The van der Waals surface area contributed by atoms with Gasteiger partial charge in [0, 0.05) is 31.0 Å². The standard InChI is InChI=1S/C16H30N2O.C2HF3O2/c1-13(2)14(19)18-11-16(12-18)6-8-17(9-7-16)10-15(3,4)5;3-2(4,5)1(6)7/h13H,6-12H2,1-5H3;(H,6,7). The largest absolute Gasteiger partial charge is 0.490 e. The molecule has 2 aliphatic rings. The predicted molar refractivity (Wildman–Crippen MR) is 92.7 cm³/mol. The average Bonchev–Trinajstić information content (AvgIpc) is 2.43. The average molecular weight is 380 g/mol. The second-order valence-electron chi connectivity index (χ2n) is 8.99. The summed E-state index contributed by atoms with van der Waals surface area (Å²) in [7, 11) is 0. The van der Waals surface area contributed by atoms with Gasteiger partial charge in [0.1, 0.15) is 0 Å². The second-order valence-corrected chi connectivity index (χ2v) is 8.99. The van der Waals surface area contributed by atoms with Crippen LogP contribution in [0.15, 0.2) is 0 Å². The first-order chi connectivity index (χ1) is 11.7. The number of hydrogen-bond donors (Lipinski definition) is 1. The van der Waals surface area contributed by atoms with Gasteiger partial charge in [0.15, 0.2) is 0 Å². The van der Waals surface area contributed by atoms with Crippen molar-refractivity contribution in [2.75, 3.05) is 32.7 Å². The van der Waals surface area contributed by atoms with E-state index >= 15 is 0 Å². The highest BCUT2D eigenvalue weighted by molar-refractivity contribution is 5.79. The number of alkyl halides is 3. The Morgan fingerprint density at radius 1 is 1.08 bits per heavy atom. The van der Waals surface area contributed by atoms with Gasteiger partial charge in [0.25, 0.3) is 0 Å². The molecule has 0 aromatic heterocycles. The molecular weight excluding hydrogens is 349 g/mol. The number of carboxylic acid groups (broad SMARTS) is 1. The minimum absolute atomic E-state index is 0.151. The molecule has 0 aliphatic carbocycles. The van der Waals surface area contributed by atoms with E-state index in [1.54, 1.807) is 0 Å². The van der Waals surface area contributed by atoms with Gasteiger partial charge in [0.05, 0.1) is 0 Å². The van der Waals surface area contributed by atoms with Gasteiger partial charge in [-0.2, -0.15) is 13.2 Å². The molecule has 0 aromatic rings. The van der Waals surface area contributed by atoms with Crippen LogP contribution in [0.4, 0.5) is 13.2 Å². The fraction of sp³-hybridized carbons (Fsp3) is 0.889. The lowest BCUT2D eigenvalue weighted by Crippen LogP contribution is -2.62. The Morgan fingerprint density at radius 3 is 1.81 bits per heavy atom. The molecule has 0 unspecified atom stereocenters. The van der Waals surface area contributed by atoms with Crippen molar-refractivity contribution in [1.29, 1.82) is 0 Å². The van der Waals surface area contributed by atoms with E-state index in [1.807, 2.05) is 13.8 Å². The molecule has 2 rings (SSSR count).